The molecule has 0 saturated carbocycles. The number of hydrogen-bond acceptors (Lipinski definition) is 3. The van der Waals surface area contributed by atoms with Crippen molar-refractivity contribution in [2.24, 2.45) is 5.92 Å². The summed E-state index contributed by atoms with van der Waals surface area (Å²) >= 11 is 0. The van der Waals surface area contributed by atoms with Gasteiger partial charge in [0.2, 0.25) is 0 Å². The SMILES string of the molecule is CCN(CCCO)C(=O)N1CCCC(CC(=O)O)C1. The van der Waals surface area contributed by atoms with Crippen molar-refractivity contribution in [1.29, 1.82) is 0 Å². The standard InChI is InChI=1S/C13H24N2O4/c1-2-14(7-4-8-16)13(19)15-6-3-5-11(10-15)9-12(17)18/h11,16H,2-10H2,1H3,(H,17,18). The van der Waals surface area contributed by atoms with Crippen LogP contribution in [-0.2, 0) is 4.79 Å². The predicted molar refractivity (Wildman–Crippen MR) is 70.9 cm³/mol. The number of carboxylic acid groups (broad SMARTS) is 1. The zero-order valence-corrected chi connectivity index (χ0v) is 11.5. The summed E-state index contributed by atoms with van der Waals surface area (Å²) in [4.78, 5) is 26.5. The summed E-state index contributed by atoms with van der Waals surface area (Å²) in [5, 5.41) is 17.6. The second-order valence-electron chi connectivity index (χ2n) is 4.99. The van der Waals surface area contributed by atoms with E-state index < -0.39 is 5.97 Å². The van der Waals surface area contributed by atoms with Gasteiger partial charge in [-0.2, -0.15) is 0 Å². The number of aliphatic carboxylic acids is 1. The summed E-state index contributed by atoms with van der Waals surface area (Å²) in [6, 6.07) is -0.0361. The minimum atomic E-state index is -0.799. The highest BCUT2D eigenvalue weighted by atomic mass is 16.4. The number of amides is 2. The Morgan fingerprint density at radius 3 is 2.74 bits per heavy atom. The van der Waals surface area contributed by atoms with E-state index in [2.05, 4.69) is 0 Å². The van der Waals surface area contributed by atoms with Crippen molar-refractivity contribution in [3.63, 3.8) is 0 Å². The Morgan fingerprint density at radius 2 is 2.16 bits per heavy atom. The van der Waals surface area contributed by atoms with Crippen LogP contribution in [0.25, 0.3) is 0 Å². The Morgan fingerprint density at radius 1 is 1.42 bits per heavy atom. The molecule has 1 aliphatic rings. The number of urea groups is 1. The molecule has 1 aliphatic heterocycles. The van der Waals surface area contributed by atoms with E-state index in [1.165, 1.54) is 0 Å². The van der Waals surface area contributed by atoms with Gasteiger partial charge in [0.15, 0.2) is 0 Å². The van der Waals surface area contributed by atoms with Crippen molar-refractivity contribution in [2.75, 3.05) is 32.8 Å². The van der Waals surface area contributed by atoms with Gasteiger partial charge in [-0.25, -0.2) is 4.79 Å². The lowest BCUT2D eigenvalue weighted by molar-refractivity contribution is -0.138. The number of carbonyl (C=O) groups excluding carboxylic acids is 1. The second-order valence-corrected chi connectivity index (χ2v) is 4.99. The molecule has 6 nitrogen and oxygen atoms in total. The molecule has 1 fully saturated rings. The van der Waals surface area contributed by atoms with Crippen LogP contribution in [-0.4, -0.2) is 64.8 Å². The van der Waals surface area contributed by atoms with Gasteiger partial charge in [0.1, 0.15) is 0 Å². The van der Waals surface area contributed by atoms with Crippen LogP contribution in [0.4, 0.5) is 4.79 Å². The largest absolute Gasteiger partial charge is 0.481 e. The van der Waals surface area contributed by atoms with Gasteiger partial charge < -0.3 is 20.0 Å². The molecular weight excluding hydrogens is 248 g/mol. The van der Waals surface area contributed by atoms with E-state index in [1.54, 1.807) is 9.80 Å². The monoisotopic (exact) mass is 272 g/mol. The molecule has 1 atom stereocenters. The summed E-state index contributed by atoms with van der Waals surface area (Å²) in [5.41, 5.74) is 0. The Hall–Kier alpha value is -1.30. The zero-order chi connectivity index (χ0) is 14.3. The van der Waals surface area contributed by atoms with E-state index in [-0.39, 0.29) is 25.0 Å². The molecule has 2 amide bonds. The molecule has 19 heavy (non-hydrogen) atoms. The number of aliphatic hydroxyl groups is 1. The summed E-state index contributed by atoms with van der Waals surface area (Å²) in [5.74, 6) is -0.737. The zero-order valence-electron chi connectivity index (χ0n) is 11.5. The topological polar surface area (TPSA) is 81.1 Å². The van der Waals surface area contributed by atoms with Crippen molar-refractivity contribution in [2.45, 2.75) is 32.6 Å². The van der Waals surface area contributed by atoms with Gasteiger partial charge in [-0.3, -0.25) is 4.79 Å². The van der Waals surface area contributed by atoms with Gasteiger partial charge in [0.25, 0.3) is 0 Å². The van der Waals surface area contributed by atoms with Crippen LogP contribution in [0.15, 0.2) is 0 Å². The van der Waals surface area contributed by atoms with Crippen LogP contribution in [0, 0.1) is 5.92 Å². The van der Waals surface area contributed by atoms with Crippen molar-refractivity contribution < 1.29 is 19.8 Å². The Bertz CT molecular complexity index is 309. The Balaban J connectivity index is 2.52. The maximum Gasteiger partial charge on any atom is 0.319 e. The average Bonchev–Trinajstić information content (AvgIpc) is 2.39. The van der Waals surface area contributed by atoms with E-state index in [0.717, 1.165) is 12.8 Å². The second kappa shape index (κ2) is 7.99. The smallest absolute Gasteiger partial charge is 0.319 e. The minimum Gasteiger partial charge on any atom is -0.481 e. The van der Waals surface area contributed by atoms with Gasteiger partial charge in [-0.1, -0.05) is 0 Å². The Kier molecular flexibility index (Phi) is 6.62. The highest BCUT2D eigenvalue weighted by Gasteiger charge is 2.27. The first-order valence-corrected chi connectivity index (χ1v) is 6.95. The van der Waals surface area contributed by atoms with Crippen molar-refractivity contribution in [1.82, 2.24) is 9.80 Å². The quantitative estimate of drug-likeness (QED) is 0.755. The molecule has 0 aromatic rings. The van der Waals surface area contributed by atoms with E-state index in [0.29, 0.717) is 32.6 Å². The maximum atomic E-state index is 12.3. The van der Waals surface area contributed by atoms with Crippen LogP contribution >= 0.6 is 0 Å². The van der Waals surface area contributed by atoms with Crippen LogP contribution in [0.1, 0.15) is 32.6 Å². The molecule has 1 heterocycles. The number of piperidine rings is 1. The fraction of sp³-hybridized carbons (Fsp3) is 0.846. The molecular formula is C13H24N2O4. The van der Waals surface area contributed by atoms with Gasteiger partial charge in [0, 0.05) is 39.2 Å². The molecule has 1 unspecified atom stereocenters. The summed E-state index contributed by atoms with van der Waals surface area (Å²) in [6.45, 7) is 4.37. The summed E-state index contributed by atoms with van der Waals surface area (Å²) < 4.78 is 0. The molecule has 0 aromatic heterocycles. The maximum absolute atomic E-state index is 12.3. The highest BCUT2D eigenvalue weighted by Crippen LogP contribution is 2.20. The first-order valence-electron chi connectivity index (χ1n) is 6.95. The normalized spacial score (nSPS) is 19.3. The van der Waals surface area contributed by atoms with Gasteiger partial charge >= 0.3 is 12.0 Å². The molecule has 1 rings (SSSR count). The van der Waals surface area contributed by atoms with Crippen molar-refractivity contribution in [3.05, 3.63) is 0 Å². The number of carbonyl (C=O) groups is 2. The average molecular weight is 272 g/mol. The number of hydrogen-bond donors (Lipinski definition) is 2. The first-order chi connectivity index (χ1) is 9.08. The van der Waals surface area contributed by atoms with Crippen LogP contribution in [0.5, 0.6) is 0 Å². The molecule has 6 heteroatoms. The number of carboxylic acids is 1. The van der Waals surface area contributed by atoms with Gasteiger partial charge in [-0.15, -0.1) is 0 Å². The molecule has 1 saturated heterocycles. The van der Waals surface area contributed by atoms with Gasteiger partial charge in [-0.05, 0) is 32.1 Å². The molecule has 0 radical (unpaired) electrons. The van der Waals surface area contributed by atoms with Crippen LogP contribution in [0.3, 0.4) is 0 Å². The number of aliphatic hydroxyl groups excluding tert-OH is 1. The fourth-order valence-electron chi connectivity index (χ4n) is 2.50. The third-order valence-electron chi connectivity index (χ3n) is 3.49. The third kappa shape index (κ3) is 5.06. The van der Waals surface area contributed by atoms with Gasteiger partial charge in [0.05, 0.1) is 0 Å². The molecule has 0 bridgehead atoms. The molecule has 0 spiro atoms. The third-order valence-corrected chi connectivity index (χ3v) is 3.49. The number of rotatable bonds is 6. The predicted octanol–water partition coefficient (Wildman–Crippen LogP) is 0.997. The lowest BCUT2D eigenvalue weighted by Gasteiger charge is -2.35. The summed E-state index contributed by atoms with van der Waals surface area (Å²) in [6.07, 6.45) is 2.44. The lowest BCUT2D eigenvalue weighted by atomic mass is 9.95. The van der Waals surface area contributed by atoms with E-state index in [9.17, 15) is 9.59 Å². The number of likely N-dealkylation sites (tertiary alicyclic amines) is 1. The summed E-state index contributed by atoms with van der Waals surface area (Å²) in [7, 11) is 0. The van der Waals surface area contributed by atoms with Crippen LogP contribution < -0.4 is 0 Å². The minimum absolute atomic E-state index is 0.0361. The Labute approximate surface area is 114 Å². The van der Waals surface area contributed by atoms with Crippen LogP contribution in [0.2, 0.25) is 0 Å². The van der Waals surface area contributed by atoms with Crippen molar-refractivity contribution in [3.8, 4) is 0 Å². The van der Waals surface area contributed by atoms with E-state index >= 15 is 0 Å². The molecule has 0 aliphatic carbocycles. The highest BCUT2D eigenvalue weighted by molar-refractivity contribution is 5.74. The molecule has 2 N–H and O–H groups in total. The van der Waals surface area contributed by atoms with E-state index in [4.69, 9.17) is 10.2 Å². The lowest BCUT2D eigenvalue weighted by Crippen LogP contribution is -2.48. The molecule has 0 aromatic carbocycles. The van der Waals surface area contributed by atoms with E-state index in [1.807, 2.05) is 6.92 Å². The molecule has 110 valence electrons. The first kappa shape index (κ1) is 15.8. The van der Waals surface area contributed by atoms with Crippen molar-refractivity contribution >= 4 is 12.0 Å². The number of nitrogens with zero attached hydrogens (tertiary/aromatic N) is 2. The fourth-order valence-corrected chi connectivity index (χ4v) is 2.50.